The molecule has 7 heteroatoms. The summed E-state index contributed by atoms with van der Waals surface area (Å²) in [5.74, 6) is 2.77. The van der Waals surface area contributed by atoms with Crippen LogP contribution in [0.3, 0.4) is 0 Å². The van der Waals surface area contributed by atoms with Gasteiger partial charge in [-0.1, -0.05) is 6.92 Å². The number of aliphatic imine (C=N–C) groups is 1. The predicted molar refractivity (Wildman–Crippen MR) is 89.7 cm³/mol. The monoisotopic (exact) mass is 328 g/mol. The lowest BCUT2D eigenvalue weighted by molar-refractivity contribution is -0.153. The smallest absolute Gasteiger partial charge is 0.237 e. The Bertz CT molecular complexity index is 677. The third kappa shape index (κ3) is 2.02. The molecule has 0 aliphatic carbocycles. The molecular formula is C17H24N6O. The Morgan fingerprint density at radius 3 is 3.12 bits per heavy atom. The van der Waals surface area contributed by atoms with Gasteiger partial charge in [0.25, 0.3) is 0 Å². The molecule has 2 saturated heterocycles. The molecule has 0 bridgehead atoms. The molecule has 4 aliphatic heterocycles. The SMILES string of the molecule is C[C@H]1CN(C(=O)CC#N)[C@]12CCN(C1=NCN(C)C3=C1CCN3)C2. The standard InChI is InChI=1S/C17H24N6O/c1-12-9-23(14(24)3-6-18)17(12)5-8-22(10-17)16-13-4-7-19-15(13)21(2)11-20-16/h12,19H,3-5,7-11H2,1-2H3/t12-,17-/m0/s1. The van der Waals surface area contributed by atoms with Gasteiger partial charge in [-0.25, -0.2) is 4.99 Å². The second-order valence-corrected chi connectivity index (χ2v) is 7.34. The highest BCUT2D eigenvalue weighted by atomic mass is 16.2. The first-order valence-corrected chi connectivity index (χ1v) is 8.72. The number of hydrogen-bond acceptors (Lipinski definition) is 6. The highest BCUT2D eigenvalue weighted by Gasteiger charge is 2.57. The summed E-state index contributed by atoms with van der Waals surface area (Å²) in [6.07, 6.45) is 1.96. The van der Waals surface area contributed by atoms with Gasteiger partial charge < -0.3 is 20.0 Å². The number of hydrogen-bond donors (Lipinski definition) is 1. The lowest BCUT2D eigenvalue weighted by Gasteiger charge is -2.56. The van der Waals surface area contributed by atoms with Gasteiger partial charge in [0.1, 0.15) is 24.7 Å². The van der Waals surface area contributed by atoms with Crippen molar-refractivity contribution in [2.24, 2.45) is 10.9 Å². The van der Waals surface area contributed by atoms with Crippen molar-refractivity contribution in [1.29, 1.82) is 5.26 Å². The van der Waals surface area contributed by atoms with E-state index in [9.17, 15) is 4.79 Å². The van der Waals surface area contributed by atoms with Crippen molar-refractivity contribution >= 4 is 11.7 Å². The van der Waals surface area contributed by atoms with Gasteiger partial charge >= 0.3 is 0 Å². The topological polar surface area (TPSA) is 75.0 Å². The maximum absolute atomic E-state index is 12.3. The molecule has 7 nitrogen and oxygen atoms in total. The summed E-state index contributed by atoms with van der Waals surface area (Å²) in [7, 11) is 2.07. The Morgan fingerprint density at radius 2 is 2.38 bits per heavy atom. The zero-order valence-corrected chi connectivity index (χ0v) is 14.4. The summed E-state index contributed by atoms with van der Waals surface area (Å²) in [6, 6.07) is 2.00. The van der Waals surface area contributed by atoms with E-state index in [1.807, 2.05) is 11.0 Å². The fourth-order valence-electron chi connectivity index (χ4n) is 4.66. The van der Waals surface area contributed by atoms with E-state index in [-0.39, 0.29) is 17.9 Å². The van der Waals surface area contributed by atoms with Gasteiger partial charge in [0, 0.05) is 38.8 Å². The quantitative estimate of drug-likeness (QED) is 0.751. The highest BCUT2D eigenvalue weighted by Crippen LogP contribution is 2.44. The summed E-state index contributed by atoms with van der Waals surface area (Å²) in [4.78, 5) is 23.5. The van der Waals surface area contributed by atoms with Crippen molar-refractivity contribution in [2.45, 2.75) is 31.7 Å². The van der Waals surface area contributed by atoms with Crippen LogP contribution in [0.15, 0.2) is 16.4 Å². The van der Waals surface area contributed by atoms with Crippen molar-refractivity contribution in [2.75, 3.05) is 39.9 Å². The zero-order chi connectivity index (χ0) is 16.9. The molecule has 4 heterocycles. The summed E-state index contributed by atoms with van der Waals surface area (Å²) in [5, 5.41) is 12.3. The van der Waals surface area contributed by atoms with E-state index in [4.69, 9.17) is 10.3 Å². The lowest BCUT2D eigenvalue weighted by Crippen LogP contribution is -2.69. The molecule has 0 unspecified atom stereocenters. The fraction of sp³-hybridized carbons (Fsp3) is 0.706. The second kappa shape index (κ2) is 5.40. The first-order chi connectivity index (χ1) is 11.6. The van der Waals surface area contributed by atoms with Crippen molar-refractivity contribution in [1.82, 2.24) is 20.0 Å². The number of carbonyl (C=O) groups is 1. The van der Waals surface area contributed by atoms with E-state index in [0.717, 1.165) is 44.9 Å². The number of likely N-dealkylation sites (tertiary alicyclic amines) is 2. The van der Waals surface area contributed by atoms with Crippen LogP contribution in [0.4, 0.5) is 0 Å². The lowest BCUT2D eigenvalue weighted by atomic mass is 9.74. The molecule has 2 fully saturated rings. The second-order valence-electron chi connectivity index (χ2n) is 7.34. The average Bonchev–Trinajstić information content (AvgIpc) is 3.22. The molecule has 0 aromatic carbocycles. The molecule has 4 rings (SSSR count). The van der Waals surface area contributed by atoms with Crippen molar-refractivity contribution in [3.8, 4) is 6.07 Å². The maximum atomic E-state index is 12.3. The molecular weight excluding hydrogens is 304 g/mol. The highest BCUT2D eigenvalue weighted by molar-refractivity contribution is 6.00. The third-order valence-electron chi connectivity index (χ3n) is 6.06. The van der Waals surface area contributed by atoms with E-state index in [2.05, 4.69) is 29.1 Å². The number of rotatable bonds is 1. The van der Waals surface area contributed by atoms with Gasteiger partial charge in [0.2, 0.25) is 5.91 Å². The van der Waals surface area contributed by atoms with Gasteiger partial charge in [-0.3, -0.25) is 4.79 Å². The number of amides is 1. The van der Waals surface area contributed by atoms with Crippen LogP contribution in [0, 0.1) is 17.2 Å². The number of nitrogens with one attached hydrogen (secondary N) is 1. The molecule has 4 aliphatic rings. The Morgan fingerprint density at radius 1 is 1.54 bits per heavy atom. The van der Waals surface area contributed by atoms with E-state index in [1.165, 1.54) is 11.4 Å². The summed E-state index contributed by atoms with van der Waals surface area (Å²) < 4.78 is 0. The minimum atomic E-state index is -0.105. The molecule has 0 radical (unpaired) electrons. The van der Waals surface area contributed by atoms with Crippen LogP contribution >= 0.6 is 0 Å². The van der Waals surface area contributed by atoms with E-state index < -0.39 is 0 Å². The minimum absolute atomic E-state index is 0.0145. The fourth-order valence-corrected chi connectivity index (χ4v) is 4.66. The molecule has 128 valence electrons. The van der Waals surface area contributed by atoms with Crippen LogP contribution in [-0.2, 0) is 4.79 Å². The van der Waals surface area contributed by atoms with Gasteiger partial charge in [-0.2, -0.15) is 5.26 Å². The average molecular weight is 328 g/mol. The minimum Gasteiger partial charge on any atom is -0.371 e. The number of nitriles is 1. The normalized spacial score (nSPS) is 31.6. The van der Waals surface area contributed by atoms with E-state index in [0.29, 0.717) is 12.6 Å². The Labute approximate surface area is 142 Å². The van der Waals surface area contributed by atoms with Crippen molar-refractivity contribution in [3.05, 3.63) is 11.4 Å². The van der Waals surface area contributed by atoms with Crippen LogP contribution in [0.5, 0.6) is 0 Å². The zero-order valence-electron chi connectivity index (χ0n) is 14.4. The van der Waals surface area contributed by atoms with E-state index >= 15 is 0 Å². The largest absolute Gasteiger partial charge is 0.371 e. The third-order valence-corrected chi connectivity index (χ3v) is 6.06. The Kier molecular flexibility index (Phi) is 3.44. The Balaban J connectivity index is 1.55. The van der Waals surface area contributed by atoms with Crippen LogP contribution in [-0.4, -0.2) is 71.9 Å². The van der Waals surface area contributed by atoms with Crippen LogP contribution in [0.25, 0.3) is 0 Å². The Hall–Kier alpha value is -2.23. The predicted octanol–water partition coefficient (Wildman–Crippen LogP) is 0.329. The number of carbonyl (C=O) groups excluding carboxylic acids is 1. The molecule has 2 atom stereocenters. The first kappa shape index (κ1) is 15.3. The molecule has 1 N–H and O–H groups in total. The molecule has 1 spiro atoms. The van der Waals surface area contributed by atoms with Crippen molar-refractivity contribution in [3.63, 3.8) is 0 Å². The maximum Gasteiger partial charge on any atom is 0.237 e. The summed E-state index contributed by atoms with van der Waals surface area (Å²) in [6.45, 7) is 6.41. The molecule has 1 amide bonds. The van der Waals surface area contributed by atoms with Gasteiger partial charge in [-0.05, 0) is 18.8 Å². The number of amidine groups is 1. The van der Waals surface area contributed by atoms with Crippen molar-refractivity contribution < 1.29 is 4.79 Å². The molecule has 0 aromatic heterocycles. The first-order valence-electron chi connectivity index (χ1n) is 8.72. The van der Waals surface area contributed by atoms with E-state index in [1.54, 1.807) is 0 Å². The summed E-state index contributed by atoms with van der Waals surface area (Å²) >= 11 is 0. The van der Waals surface area contributed by atoms with Gasteiger partial charge in [0.05, 0.1) is 11.6 Å². The van der Waals surface area contributed by atoms with Crippen LogP contribution in [0.1, 0.15) is 26.2 Å². The van der Waals surface area contributed by atoms with Crippen LogP contribution < -0.4 is 5.32 Å². The molecule has 24 heavy (non-hydrogen) atoms. The molecule has 0 aromatic rings. The van der Waals surface area contributed by atoms with Crippen LogP contribution in [0.2, 0.25) is 0 Å². The number of nitrogens with zero attached hydrogens (tertiary/aromatic N) is 5. The van der Waals surface area contributed by atoms with Gasteiger partial charge in [0.15, 0.2) is 0 Å². The van der Waals surface area contributed by atoms with Gasteiger partial charge in [-0.15, -0.1) is 0 Å². The molecule has 0 saturated carbocycles. The summed E-state index contributed by atoms with van der Waals surface area (Å²) in [5.41, 5.74) is 1.20.